The lowest BCUT2D eigenvalue weighted by Crippen LogP contribution is -2.21. The lowest BCUT2D eigenvalue weighted by Gasteiger charge is -2.06. The predicted octanol–water partition coefficient (Wildman–Crippen LogP) is -0.618. The van der Waals surface area contributed by atoms with E-state index in [1.807, 2.05) is 6.92 Å². The van der Waals surface area contributed by atoms with E-state index in [2.05, 4.69) is 10.4 Å². The third-order valence-corrected chi connectivity index (χ3v) is 1.52. The molecule has 6 nitrogen and oxygen atoms in total. The number of aromatic nitrogens is 2. The fourth-order valence-electron chi connectivity index (χ4n) is 1.03. The Labute approximate surface area is 75.9 Å². The van der Waals surface area contributed by atoms with Crippen molar-refractivity contribution in [3.63, 3.8) is 0 Å². The third-order valence-electron chi connectivity index (χ3n) is 1.52. The number of primary amides is 1. The maximum Gasteiger partial charge on any atom is 0.239 e. The van der Waals surface area contributed by atoms with Crippen LogP contribution >= 0.6 is 0 Å². The highest BCUT2D eigenvalue weighted by Gasteiger charge is 2.08. The highest BCUT2D eigenvalue weighted by molar-refractivity contribution is 5.75. The first-order valence-electron chi connectivity index (χ1n) is 3.98. The zero-order chi connectivity index (χ0) is 9.84. The van der Waals surface area contributed by atoms with E-state index >= 15 is 0 Å². The van der Waals surface area contributed by atoms with Crippen molar-refractivity contribution in [2.75, 3.05) is 17.6 Å². The fraction of sp³-hybridized carbons (Fsp3) is 0.429. The van der Waals surface area contributed by atoms with E-state index < -0.39 is 5.91 Å². The molecule has 0 atom stereocenters. The zero-order valence-corrected chi connectivity index (χ0v) is 7.45. The summed E-state index contributed by atoms with van der Waals surface area (Å²) in [6.45, 7) is 2.69. The van der Waals surface area contributed by atoms with Crippen LogP contribution in [0.25, 0.3) is 0 Å². The van der Waals surface area contributed by atoms with Gasteiger partial charge in [0, 0.05) is 6.54 Å². The third kappa shape index (κ3) is 2.11. The number of nitrogens with two attached hydrogens (primary N) is 2. The molecule has 0 radical (unpaired) electrons. The number of nitrogens with one attached hydrogen (secondary N) is 1. The number of amides is 1. The number of carbonyl (C=O) groups is 1. The van der Waals surface area contributed by atoms with Crippen molar-refractivity contribution < 1.29 is 4.79 Å². The zero-order valence-electron chi connectivity index (χ0n) is 7.45. The van der Waals surface area contributed by atoms with Gasteiger partial charge in [-0.3, -0.25) is 4.79 Å². The second-order valence-electron chi connectivity index (χ2n) is 2.60. The Morgan fingerprint density at radius 1 is 1.77 bits per heavy atom. The monoisotopic (exact) mass is 183 g/mol. The van der Waals surface area contributed by atoms with Crippen molar-refractivity contribution in [2.45, 2.75) is 13.5 Å². The predicted molar refractivity (Wildman–Crippen MR) is 50.0 cm³/mol. The SMILES string of the molecule is CCNc1c(N)cnn1CC(N)=O. The van der Waals surface area contributed by atoms with E-state index in [-0.39, 0.29) is 6.54 Å². The Morgan fingerprint density at radius 2 is 2.46 bits per heavy atom. The summed E-state index contributed by atoms with van der Waals surface area (Å²) < 4.78 is 1.45. The molecule has 0 fully saturated rings. The van der Waals surface area contributed by atoms with Gasteiger partial charge in [0.05, 0.1) is 11.9 Å². The summed E-state index contributed by atoms with van der Waals surface area (Å²) in [7, 11) is 0. The topological polar surface area (TPSA) is 99.0 Å². The Kier molecular flexibility index (Phi) is 2.73. The summed E-state index contributed by atoms with van der Waals surface area (Å²) in [6.07, 6.45) is 1.49. The second kappa shape index (κ2) is 3.79. The highest BCUT2D eigenvalue weighted by Crippen LogP contribution is 2.16. The van der Waals surface area contributed by atoms with Gasteiger partial charge in [0.25, 0.3) is 0 Å². The Balaban J connectivity index is 2.86. The average molecular weight is 183 g/mol. The van der Waals surface area contributed by atoms with Crippen LogP contribution in [0.4, 0.5) is 11.5 Å². The lowest BCUT2D eigenvalue weighted by molar-refractivity contribution is -0.118. The summed E-state index contributed by atoms with van der Waals surface area (Å²) in [4.78, 5) is 10.6. The lowest BCUT2D eigenvalue weighted by atomic mass is 10.5. The molecule has 0 spiro atoms. The fourth-order valence-corrected chi connectivity index (χ4v) is 1.03. The van der Waals surface area contributed by atoms with Crippen molar-refractivity contribution in [3.8, 4) is 0 Å². The number of nitrogens with zero attached hydrogens (tertiary/aromatic N) is 2. The molecule has 0 unspecified atom stereocenters. The van der Waals surface area contributed by atoms with Gasteiger partial charge in [0.1, 0.15) is 12.4 Å². The smallest absolute Gasteiger partial charge is 0.239 e. The summed E-state index contributed by atoms with van der Waals surface area (Å²) in [6, 6.07) is 0. The standard InChI is InChI=1S/C7H13N5O/c1-2-10-7-5(8)3-11-12(7)4-6(9)13/h3,10H,2,4,8H2,1H3,(H2,9,13). The molecule has 0 aliphatic heterocycles. The van der Waals surface area contributed by atoms with Gasteiger partial charge in [-0.2, -0.15) is 5.10 Å². The van der Waals surface area contributed by atoms with Crippen molar-refractivity contribution in [1.29, 1.82) is 0 Å². The molecule has 6 heteroatoms. The van der Waals surface area contributed by atoms with Crippen LogP contribution in [0.15, 0.2) is 6.20 Å². The minimum absolute atomic E-state index is 0.0412. The molecule has 0 aliphatic carbocycles. The van der Waals surface area contributed by atoms with Crippen molar-refractivity contribution >= 4 is 17.4 Å². The highest BCUT2D eigenvalue weighted by atomic mass is 16.1. The molecule has 1 aromatic heterocycles. The van der Waals surface area contributed by atoms with Crippen LogP contribution in [0, 0.1) is 0 Å². The van der Waals surface area contributed by atoms with Gasteiger partial charge >= 0.3 is 0 Å². The van der Waals surface area contributed by atoms with Gasteiger partial charge in [0.2, 0.25) is 5.91 Å². The molecular weight excluding hydrogens is 170 g/mol. The molecule has 0 aromatic carbocycles. The van der Waals surface area contributed by atoms with Gasteiger partial charge < -0.3 is 16.8 Å². The van der Waals surface area contributed by atoms with Gasteiger partial charge in [0.15, 0.2) is 0 Å². The molecule has 5 N–H and O–H groups in total. The number of nitrogen functional groups attached to an aromatic ring is 1. The Hall–Kier alpha value is -1.72. The molecule has 13 heavy (non-hydrogen) atoms. The molecule has 0 bridgehead atoms. The van der Waals surface area contributed by atoms with E-state index in [0.29, 0.717) is 18.1 Å². The molecule has 1 aromatic rings. The summed E-state index contributed by atoms with van der Waals surface area (Å²) in [5.74, 6) is 0.198. The van der Waals surface area contributed by atoms with E-state index in [9.17, 15) is 4.79 Å². The van der Waals surface area contributed by atoms with Gasteiger partial charge in [-0.15, -0.1) is 0 Å². The average Bonchev–Trinajstić information content (AvgIpc) is 2.35. The van der Waals surface area contributed by atoms with Crippen LogP contribution in [-0.4, -0.2) is 22.2 Å². The molecule has 1 heterocycles. The number of hydrogen-bond donors (Lipinski definition) is 3. The first-order chi connectivity index (χ1) is 6.15. The molecule has 1 amide bonds. The van der Waals surface area contributed by atoms with E-state index in [1.54, 1.807) is 0 Å². The van der Waals surface area contributed by atoms with Gasteiger partial charge in [-0.25, -0.2) is 4.68 Å². The Bertz CT molecular complexity index is 306. The van der Waals surface area contributed by atoms with E-state index in [0.717, 1.165) is 0 Å². The summed E-state index contributed by atoms with van der Waals surface area (Å²) in [5, 5.41) is 6.90. The maximum absolute atomic E-state index is 10.6. The van der Waals surface area contributed by atoms with Crippen molar-refractivity contribution in [3.05, 3.63) is 6.20 Å². The van der Waals surface area contributed by atoms with E-state index in [1.165, 1.54) is 10.9 Å². The van der Waals surface area contributed by atoms with Crippen molar-refractivity contribution in [1.82, 2.24) is 9.78 Å². The normalized spacial score (nSPS) is 9.92. The molecule has 72 valence electrons. The minimum Gasteiger partial charge on any atom is -0.394 e. The van der Waals surface area contributed by atoms with Crippen LogP contribution in [-0.2, 0) is 11.3 Å². The second-order valence-corrected chi connectivity index (χ2v) is 2.60. The van der Waals surface area contributed by atoms with Gasteiger partial charge in [-0.05, 0) is 6.92 Å². The Morgan fingerprint density at radius 3 is 3.00 bits per heavy atom. The summed E-state index contributed by atoms with van der Waals surface area (Å²) >= 11 is 0. The minimum atomic E-state index is -0.442. The summed E-state index contributed by atoms with van der Waals surface area (Å²) in [5.41, 5.74) is 11.2. The number of hydrogen-bond acceptors (Lipinski definition) is 4. The number of anilines is 2. The number of carbonyl (C=O) groups excluding carboxylic acids is 1. The largest absolute Gasteiger partial charge is 0.394 e. The first kappa shape index (κ1) is 9.37. The van der Waals surface area contributed by atoms with Crippen LogP contribution < -0.4 is 16.8 Å². The van der Waals surface area contributed by atoms with Crippen LogP contribution in [0.1, 0.15) is 6.92 Å². The number of rotatable bonds is 4. The molecule has 0 saturated carbocycles. The molecular formula is C7H13N5O. The van der Waals surface area contributed by atoms with Crippen molar-refractivity contribution in [2.24, 2.45) is 5.73 Å². The quantitative estimate of drug-likeness (QED) is 0.579. The first-order valence-corrected chi connectivity index (χ1v) is 3.98. The molecule has 1 rings (SSSR count). The molecule has 0 saturated heterocycles. The van der Waals surface area contributed by atoms with Crippen LogP contribution in [0.5, 0.6) is 0 Å². The van der Waals surface area contributed by atoms with Gasteiger partial charge in [-0.1, -0.05) is 0 Å². The van der Waals surface area contributed by atoms with Crippen LogP contribution in [0.2, 0.25) is 0 Å². The van der Waals surface area contributed by atoms with E-state index in [4.69, 9.17) is 11.5 Å². The molecule has 0 aliphatic rings. The maximum atomic E-state index is 10.6. The van der Waals surface area contributed by atoms with Crippen LogP contribution in [0.3, 0.4) is 0 Å².